The largest absolute Gasteiger partial charge is 0.359 e. The summed E-state index contributed by atoms with van der Waals surface area (Å²) in [5.41, 5.74) is 0.765. The van der Waals surface area contributed by atoms with Crippen LogP contribution in [0.2, 0.25) is 0 Å². The number of likely N-dealkylation sites (tertiary alicyclic amines) is 1. The van der Waals surface area contributed by atoms with Crippen molar-refractivity contribution in [2.24, 2.45) is 5.92 Å². The van der Waals surface area contributed by atoms with Crippen LogP contribution in [0.25, 0.3) is 0 Å². The van der Waals surface area contributed by atoms with Crippen LogP contribution in [0.3, 0.4) is 0 Å². The lowest BCUT2D eigenvalue weighted by atomic mass is 9.82. The van der Waals surface area contributed by atoms with Crippen molar-refractivity contribution in [1.29, 1.82) is 0 Å². The Hall–Kier alpha value is -2.16. The molecular weight excluding hydrogens is 368 g/mol. The average Bonchev–Trinajstić information content (AvgIpc) is 2.89. The summed E-state index contributed by atoms with van der Waals surface area (Å²) in [6.07, 6.45) is 3.73. The topological polar surface area (TPSA) is 108 Å². The maximum atomic E-state index is 12.5. The van der Waals surface area contributed by atoms with Crippen molar-refractivity contribution in [3.05, 3.63) is 30.1 Å². The number of aromatic nitrogens is 1. The van der Waals surface area contributed by atoms with Gasteiger partial charge >= 0.3 is 6.03 Å². The highest BCUT2D eigenvalue weighted by Gasteiger charge is 2.64. The summed E-state index contributed by atoms with van der Waals surface area (Å²) in [4.78, 5) is 30.1. The van der Waals surface area contributed by atoms with Gasteiger partial charge in [0.05, 0.1) is 11.7 Å². The van der Waals surface area contributed by atoms with Crippen molar-refractivity contribution >= 4 is 21.8 Å². The van der Waals surface area contributed by atoms with Crippen molar-refractivity contribution < 1.29 is 18.0 Å². The Balaban J connectivity index is 1.63. The highest BCUT2D eigenvalue weighted by molar-refractivity contribution is 7.93. The van der Waals surface area contributed by atoms with E-state index in [2.05, 4.69) is 15.6 Å². The number of nitrogens with zero attached hydrogens (tertiary/aromatic N) is 2. The van der Waals surface area contributed by atoms with Crippen molar-refractivity contribution in [2.75, 3.05) is 32.4 Å². The lowest BCUT2D eigenvalue weighted by Gasteiger charge is -2.49. The number of sulfone groups is 1. The SMILES string of the molecule is CNC(=O)C1CCS(=O)(=O)C12CN(C(=O)NCC(C)(C)c1ccncc1)C2. The fourth-order valence-corrected chi connectivity index (χ4v) is 6.29. The van der Waals surface area contributed by atoms with E-state index in [1.54, 1.807) is 12.4 Å². The third-order valence-corrected chi connectivity index (χ3v) is 8.39. The van der Waals surface area contributed by atoms with Gasteiger partial charge in [-0.05, 0) is 24.1 Å². The Labute approximate surface area is 159 Å². The summed E-state index contributed by atoms with van der Waals surface area (Å²) in [5.74, 6) is -0.866. The van der Waals surface area contributed by atoms with Crippen LogP contribution in [0.4, 0.5) is 4.79 Å². The number of rotatable bonds is 4. The van der Waals surface area contributed by atoms with Gasteiger partial charge in [0.1, 0.15) is 4.75 Å². The van der Waals surface area contributed by atoms with Gasteiger partial charge in [0.15, 0.2) is 9.84 Å². The third-order valence-electron chi connectivity index (χ3n) is 5.84. The van der Waals surface area contributed by atoms with E-state index < -0.39 is 20.5 Å². The van der Waals surface area contributed by atoms with Crippen molar-refractivity contribution in [1.82, 2.24) is 20.5 Å². The molecule has 9 heteroatoms. The van der Waals surface area contributed by atoms with Gasteiger partial charge in [-0.3, -0.25) is 9.78 Å². The molecule has 2 aliphatic heterocycles. The van der Waals surface area contributed by atoms with Gasteiger partial charge in [-0.2, -0.15) is 0 Å². The van der Waals surface area contributed by atoms with Gasteiger partial charge in [-0.25, -0.2) is 13.2 Å². The van der Waals surface area contributed by atoms with E-state index in [4.69, 9.17) is 0 Å². The summed E-state index contributed by atoms with van der Waals surface area (Å²) in [6.45, 7) is 4.57. The molecule has 27 heavy (non-hydrogen) atoms. The van der Waals surface area contributed by atoms with Crippen molar-refractivity contribution in [3.63, 3.8) is 0 Å². The van der Waals surface area contributed by atoms with Crippen LogP contribution in [0.15, 0.2) is 24.5 Å². The Kier molecular flexibility index (Phi) is 4.92. The molecule has 3 heterocycles. The van der Waals surface area contributed by atoms with Crippen LogP contribution in [-0.2, 0) is 20.0 Å². The Morgan fingerprint density at radius 2 is 1.93 bits per heavy atom. The molecule has 1 aromatic heterocycles. The van der Waals surface area contributed by atoms with Gasteiger partial charge < -0.3 is 15.5 Å². The number of urea groups is 1. The third kappa shape index (κ3) is 3.28. The molecule has 1 aromatic rings. The first-order valence-electron chi connectivity index (χ1n) is 9.00. The minimum Gasteiger partial charge on any atom is -0.359 e. The molecular formula is C18H26N4O4S. The van der Waals surface area contributed by atoms with E-state index in [-0.39, 0.29) is 36.2 Å². The molecule has 2 N–H and O–H groups in total. The number of hydrogen-bond acceptors (Lipinski definition) is 5. The van der Waals surface area contributed by atoms with E-state index in [9.17, 15) is 18.0 Å². The number of hydrogen-bond donors (Lipinski definition) is 2. The molecule has 0 aromatic carbocycles. The number of carbonyl (C=O) groups excluding carboxylic acids is 2. The summed E-state index contributed by atoms with van der Waals surface area (Å²) in [5, 5.41) is 5.43. The zero-order valence-electron chi connectivity index (χ0n) is 15.9. The van der Waals surface area contributed by atoms with E-state index in [0.717, 1.165) is 5.56 Å². The molecule has 148 valence electrons. The minimum atomic E-state index is -3.40. The second-order valence-corrected chi connectivity index (χ2v) is 10.4. The van der Waals surface area contributed by atoms with E-state index in [1.165, 1.54) is 11.9 Å². The average molecular weight is 394 g/mol. The van der Waals surface area contributed by atoms with E-state index >= 15 is 0 Å². The first-order chi connectivity index (χ1) is 12.6. The molecule has 1 spiro atoms. The lowest BCUT2D eigenvalue weighted by molar-refractivity contribution is -0.126. The zero-order chi connectivity index (χ0) is 19.9. The van der Waals surface area contributed by atoms with Crippen LogP contribution in [0.5, 0.6) is 0 Å². The number of amides is 3. The normalized spacial score (nSPS) is 22.9. The number of carbonyl (C=O) groups is 2. The molecule has 2 aliphatic rings. The maximum absolute atomic E-state index is 12.5. The fourth-order valence-electron chi connectivity index (χ4n) is 3.97. The van der Waals surface area contributed by atoms with Gasteiger partial charge in [0.2, 0.25) is 5.91 Å². The number of nitrogens with one attached hydrogen (secondary N) is 2. The molecule has 1 atom stereocenters. The second-order valence-electron chi connectivity index (χ2n) is 7.97. The Morgan fingerprint density at radius 1 is 1.30 bits per heavy atom. The molecule has 3 rings (SSSR count). The van der Waals surface area contributed by atoms with Gasteiger partial charge in [0.25, 0.3) is 0 Å². The van der Waals surface area contributed by atoms with Crippen molar-refractivity contribution in [2.45, 2.75) is 30.4 Å². The zero-order valence-corrected chi connectivity index (χ0v) is 16.7. The van der Waals surface area contributed by atoms with Crippen LogP contribution in [-0.4, -0.2) is 67.4 Å². The fraction of sp³-hybridized carbons (Fsp3) is 0.611. The molecule has 0 bridgehead atoms. The van der Waals surface area contributed by atoms with Crippen molar-refractivity contribution in [3.8, 4) is 0 Å². The summed E-state index contributed by atoms with van der Waals surface area (Å²) in [6, 6.07) is 3.51. The quantitative estimate of drug-likeness (QED) is 0.764. The van der Waals surface area contributed by atoms with Crippen LogP contribution in [0.1, 0.15) is 25.8 Å². The molecule has 1 unspecified atom stereocenters. The molecule has 2 fully saturated rings. The molecule has 3 amide bonds. The Morgan fingerprint density at radius 3 is 2.52 bits per heavy atom. The van der Waals surface area contributed by atoms with Crippen LogP contribution < -0.4 is 10.6 Å². The van der Waals surface area contributed by atoms with Crippen LogP contribution in [0, 0.1) is 5.92 Å². The van der Waals surface area contributed by atoms with E-state index in [0.29, 0.717) is 13.0 Å². The summed E-state index contributed by atoms with van der Waals surface area (Å²) >= 11 is 0. The summed E-state index contributed by atoms with van der Waals surface area (Å²) in [7, 11) is -1.89. The maximum Gasteiger partial charge on any atom is 0.317 e. The smallest absolute Gasteiger partial charge is 0.317 e. The lowest BCUT2D eigenvalue weighted by Crippen LogP contribution is -2.71. The molecule has 0 aliphatic carbocycles. The van der Waals surface area contributed by atoms with Crippen LogP contribution >= 0.6 is 0 Å². The predicted octanol–water partition coefficient (Wildman–Crippen LogP) is 0.304. The predicted molar refractivity (Wildman–Crippen MR) is 101 cm³/mol. The first-order valence-corrected chi connectivity index (χ1v) is 10.7. The first kappa shape index (κ1) is 19.6. The summed E-state index contributed by atoms with van der Waals surface area (Å²) < 4.78 is 23.9. The Bertz CT molecular complexity index is 832. The van der Waals surface area contributed by atoms with Gasteiger partial charge in [-0.15, -0.1) is 0 Å². The monoisotopic (exact) mass is 394 g/mol. The second kappa shape index (κ2) is 6.78. The van der Waals surface area contributed by atoms with E-state index in [1.807, 2.05) is 26.0 Å². The highest BCUT2D eigenvalue weighted by Crippen LogP contribution is 2.44. The number of pyridine rings is 1. The molecule has 0 saturated carbocycles. The minimum absolute atomic E-state index is 0.00435. The molecule has 2 saturated heterocycles. The van der Waals surface area contributed by atoms with Gasteiger partial charge in [0, 0.05) is 44.5 Å². The molecule has 0 radical (unpaired) electrons. The molecule has 8 nitrogen and oxygen atoms in total. The highest BCUT2D eigenvalue weighted by atomic mass is 32.2. The standard InChI is InChI=1S/C18H26N4O4S/c1-17(2,13-4-7-20-8-5-13)10-21-16(24)22-11-18(12-22)14(15(23)19-3)6-9-27(18,25)26/h4-5,7-8,14H,6,9-12H2,1-3H3,(H,19,23)(H,21,24). The van der Waals surface area contributed by atoms with Gasteiger partial charge in [-0.1, -0.05) is 13.8 Å².